The van der Waals surface area contributed by atoms with Gasteiger partial charge in [-0.05, 0) is 24.3 Å². The molecule has 0 radical (unpaired) electrons. The predicted molar refractivity (Wildman–Crippen MR) is 72.3 cm³/mol. The highest BCUT2D eigenvalue weighted by atomic mass is 32.2. The first-order chi connectivity index (χ1) is 8.25. The summed E-state index contributed by atoms with van der Waals surface area (Å²) in [5.74, 6) is 0.855. The van der Waals surface area contributed by atoms with E-state index in [1.165, 1.54) is 0 Å². The van der Waals surface area contributed by atoms with Crippen molar-refractivity contribution < 1.29 is 0 Å². The summed E-state index contributed by atoms with van der Waals surface area (Å²) in [5.41, 5.74) is 6.51. The maximum Gasteiger partial charge on any atom is 0.250 e. The van der Waals surface area contributed by atoms with Gasteiger partial charge in [0.25, 0.3) is 5.56 Å². The molecule has 0 atom stereocenters. The summed E-state index contributed by atoms with van der Waals surface area (Å²) in [7, 11) is 0. The van der Waals surface area contributed by atoms with Crippen molar-refractivity contribution in [3.8, 4) is 0 Å². The van der Waals surface area contributed by atoms with Crippen LogP contribution >= 0.6 is 11.8 Å². The maximum absolute atomic E-state index is 11.4. The van der Waals surface area contributed by atoms with Crippen LogP contribution in [0.5, 0.6) is 0 Å². The summed E-state index contributed by atoms with van der Waals surface area (Å²) in [6.07, 6.45) is 1.81. The van der Waals surface area contributed by atoms with Crippen LogP contribution in [0.25, 0.3) is 0 Å². The minimum absolute atomic E-state index is 0.0423. The van der Waals surface area contributed by atoms with E-state index in [1.54, 1.807) is 28.5 Å². The maximum atomic E-state index is 11.4. The number of benzene rings is 1. The van der Waals surface area contributed by atoms with Gasteiger partial charge in [0.1, 0.15) is 0 Å². The third-order valence-corrected chi connectivity index (χ3v) is 3.33. The smallest absolute Gasteiger partial charge is 0.250 e. The molecule has 0 aliphatic carbocycles. The van der Waals surface area contributed by atoms with E-state index in [4.69, 9.17) is 5.73 Å². The van der Waals surface area contributed by atoms with Gasteiger partial charge >= 0.3 is 0 Å². The molecule has 2 aromatic rings. The van der Waals surface area contributed by atoms with Crippen LogP contribution in [0, 0.1) is 0 Å². The number of nitrogens with two attached hydrogens (primary N) is 1. The lowest BCUT2D eigenvalue weighted by atomic mass is 10.3. The molecule has 0 aliphatic heterocycles. The minimum atomic E-state index is 0.0423. The molecule has 0 fully saturated rings. The molecular weight excluding hydrogens is 232 g/mol. The Hall–Kier alpha value is -1.68. The molecular formula is C13H14N2OS. The number of hydrogen-bond acceptors (Lipinski definition) is 3. The first kappa shape index (κ1) is 11.8. The average molecular weight is 246 g/mol. The number of aryl methyl sites for hydroxylation is 1. The molecule has 1 heterocycles. The lowest BCUT2D eigenvalue weighted by Gasteiger charge is -2.05. The van der Waals surface area contributed by atoms with Crippen LogP contribution in [0.2, 0.25) is 0 Å². The van der Waals surface area contributed by atoms with E-state index in [2.05, 4.69) is 0 Å². The summed E-state index contributed by atoms with van der Waals surface area (Å²) >= 11 is 1.70. The fourth-order valence-electron chi connectivity index (χ4n) is 1.51. The molecule has 0 unspecified atom stereocenters. The first-order valence-corrected chi connectivity index (χ1v) is 6.38. The lowest BCUT2D eigenvalue weighted by Crippen LogP contribution is -2.18. The highest BCUT2D eigenvalue weighted by Crippen LogP contribution is 2.19. The monoisotopic (exact) mass is 246 g/mol. The third-order valence-electron chi connectivity index (χ3n) is 2.36. The number of thioether (sulfide) groups is 1. The van der Waals surface area contributed by atoms with Gasteiger partial charge in [0.15, 0.2) is 0 Å². The van der Waals surface area contributed by atoms with Crippen LogP contribution in [0.4, 0.5) is 5.69 Å². The Balaban J connectivity index is 1.92. The Bertz CT molecular complexity index is 551. The number of nitrogens with zero attached hydrogens (tertiary/aromatic N) is 1. The van der Waals surface area contributed by atoms with Gasteiger partial charge in [-0.2, -0.15) is 0 Å². The van der Waals surface area contributed by atoms with Crippen molar-refractivity contribution in [1.82, 2.24) is 4.57 Å². The second-order valence-electron chi connectivity index (χ2n) is 3.65. The van der Waals surface area contributed by atoms with Crippen LogP contribution in [0.1, 0.15) is 0 Å². The van der Waals surface area contributed by atoms with Crippen LogP contribution < -0.4 is 11.3 Å². The van der Waals surface area contributed by atoms with Crippen LogP contribution in [-0.2, 0) is 6.54 Å². The van der Waals surface area contributed by atoms with Gasteiger partial charge in [-0.3, -0.25) is 4.79 Å². The first-order valence-electron chi connectivity index (χ1n) is 5.39. The Kier molecular flexibility index (Phi) is 3.88. The van der Waals surface area contributed by atoms with Gasteiger partial charge in [0.2, 0.25) is 0 Å². The van der Waals surface area contributed by atoms with E-state index < -0.39 is 0 Å². The second-order valence-corrected chi connectivity index (χ2v) is 4.82. The number of anilines is 1. The molecule has 0 saturated heterocycles. The molecule has 2 rings (SSSR count). The van der Waals surface area contributed by atoms with Crippen molar-refractivity contribution >= 4 is 17.4 Å². The van der Waals surface area contributed by atoms with E-state index in [9.17, 15) is 4.79 Å². The largest absolute Gasteiger partial charge is 0.399 e. The van der Waals surface area contributed by atoms with Crippen molar-refractivity contribution in [2.45, 2.75) is 11.4 Å². The summed E-state index contributed by atoms with van der Waals surface area (Å²) in [6.45, 7) is 0.707. The zero-order valence-corrected chi connectivity index (χ0v) is 10.2. The highest BCUT2D eigenvalue weighted by Gasteiger charge is 1.97. The van der Waals surface area contributed by atoms with Gasteiger partial charge in [0.05, 0.1) is 0 Å². The van der Waals surface area contributed by atoms with Crippen molar-refractivity contribution in [3.05, 3.63) is 59.0 Å². The van der Waals surface area contributed by atoms with Gasteiger partial charge in [0, 0.05) is 35.1 Å². The van der Waals surface area contributed by atoms with E-state index in [0.717, 1.165) is 16.3 Å². The van der Waals surface area contributed by atoms with Gasteiger partial charge in [-0.15, -0.1) is 11.8 Å². The van der Waals surface area contributed by atoms with Crippen molar-refractivity contribution in [3.63, 3.8) is 0 Å². The fourth-order valence-corrected chi connectivity index (χ4v) is 2.43. The standard InChI is InChI=1S/C13H14N2OS/c14-11-4-3-5-12(10-11)17-9-8-15-7-2-1-6-13(15)16/h1-7,10H,8-9,14H2. The molecule has 1 aromatic carbocycles. The Labute approximate surface area is 104 Å². The number of hydrogen-bond donors (Lipinski definition) is 1. The topological polar surface area (TPSA) is 48.0 Å². The molecule has 0 spiro atoms. The predicted octanol–water partition coefficient (Wildman–Crippen LogP) is 2.22. The van der Waals surface area contributed by atoms with Crippen molar-refractivity contribution in [2.24, 2.45) is 0 Å². The average Bonchev–Trinajstić information content (AvgIpc) is 2.32. The van der Waals surface area contributed by atoms with Crippen molar-refractivity contribution in [2.75, 3.05) is 11.5 Å². The summed E-state index contributed by atoms with van der Waals surface area (Å²) in [6, 6.07) is 13.0. The molecule has 17 heavy (non-hydrogen) atoms. The Morgan fingerprint density at radius 1 is 1.18 bits per heavy atom. The molecule has 88 valence electrons. The number of nitrogen functional groups attached to an aromatic ring is 1. The normalized spacial score (nSPS) is 10.4. The van der Waals surface area contributed by atoms with Gasteiger partial charge in [-0.1, -0.05) is 12.1 Å². The third kappa shape index (κ3) is 3.39. The fraction of sp³-hybridized carbons (Fsp3) is 0.154. The minimum Gasteiger partial charge on any atom is -0.399 e. The molecule has 4 heteroatoms. The quantitative estimate of drug-likeness (QED) is 0.664. The number of pyridine rings is 1. The Morgan fingerprint density at radius 2 is 2.06 bits per heavy atom. The molecule has 2 N–H and O–H groups in total. The van der Waals surface area contributed by atoms with E-state index >= 15 is 0 Å². The molecule has 0 amide bonds. The SMILES string of the molecule is Nc1cccc(SCCn2ccccc2=O)c1. The van der Waals surface area contributed by atoms with Crippen LogP contribution in [-0.4, -0.2) is 10.3 Å². The van der Waals surface area contributed by atoms with Gasteiger partial charge < -0.3 is 10.3 Å². The molecule has 1 aromatic heterocycles. The zero-order chi connectivity index (χ0) is 12.1. The lowest BCUT2D eigenvalue weighted by molar-refractivity contribution is 0.735. The highest BCUT2D eigenvalue weighted by molar-refractivity contribution is 7.99. The number of rotatable bonds is 4. The van der Waals surface area contributed by atoms with Crippen LogP contribution in [0.15, 0.2) is 58.4 Å². The molecule has 0 bridgehead atoms. The van der Waals surface area contributed by atoms with Crippen LogP contribution in [0.3, 0.4) is 0 Å². The van der Waals surface area contributed by atoms with E-state index in [1.807, 2.05) is 36.5 Å². The molecule has 3 nitrogen and oxygen atoms in total. The van der Waals surface area contributed by atoms with Gasteiger partial charge in [-0.25, -0.2) is 0 Å². The van der Waals surface area contributed by atoms with Crippen molar-refractivity contribution in [1.29, 1.82) is 0 Å². The summed E-state index contributed by atoms with van der Waals surface area (Å²) in [5, 5.41) is 0. The molecule has 0 saturated carbocycles. The van der Waals surface area contributed by atoms with E-state index in [-0.39, 0.29) is 5.56 Å². The number of aromatic nitrogens is 1. The van der Waals surface area contributed by atoms with E-state index in [0.29, 0.717) is 6.54 Å². The zero-order valence-electron chi connectivity index (χ0n) is 9.37. The Morgan fingerprint density at radius 3 is 2.82 bits per heavy atom. The summed E-state index contributed by atoms with van der Waals surface area (Å²) in [4.78, 5) is 12.6. The second kappa shape index (κ2) is 5.59. The molecule has 0 aliphatic rings. The summed E-state index contributed by atoms with van der Waals surface area (Å²) < 4.78 is 1.71.